The third-order valence-corrected chi connectivity index (χ3v) is 4.52. The molecule has 0 aliphatic heterocycles. The van der Waals surface area contributed by atoms with Crippen LogP contribution in [-0.4, -0.2) is 14.8 Å². The summed E-state index contributed by atoms with van der Waals surface area (Å²) in [5.41, 5.74) is 3.71. The lowest BCUT2D eigenvalue weighted by atomic mass is 10.2. The first-order valence-electron chi connectivity index (χ1n) is 7.46. The van der Waals surface area contributed by atoms with Crippen LogP contribution in [0, 0.1) is 6.92 Å². The highest BCUT2D eigenvalue weighted by molar-refractivity contribution is 7.98. The van der Waals surface area contributed by atoms with Gasteiger partial charge in [-0.05, 0) is 24.6 Å². The number of nitrogens with zero attached hydrogens (tertiary/aromatic N) is 3. The van der Waals surface area contributed by atoms with E-state index < -0.39 is 0 Å². The van der Waals surface area contributed by atoms with Gasteiger partial charge in [0.15, 0.2) is 5.16 Å². The zero-order chi connectivity index (χ0) is 15.4. The molecule has 0 aliphatic rings. The summed E-state index contributed by atoms with van der Waals surface area (Å²) in [5.74, 6) is 1.90. The van der Waals surface area contributed by atoms with Gasteiger partial charge in [0, 0.05) is 17.9 Å². The van der Waals surface area contributed by atoms with Gasteiger partial charge in [-0.2, -0.15) is 0 Å². The van der Waals surface area contributed by atoms with Gasteiger partial charge in [0.05, 0.1) is 0 Å². The summed E-state index contributed by atoms with van der Waals surface area (Å²) in [4.78, 5) is 0. The number of hydrogen-bond donors (Lipinski definition) is 0. The van der Waals surface area contributed by atoms with Gasteiger partial charge in [-0.3, -0.25) is 4.57 Å². The van der Waals surface area contributed by atoms with E-state index in [1.807, 2.05) is 18.2 Å². The van der Waals surface area contributed by atoms with Crippen molar-refractivity contribution in [2.75, 3.05) is 0 Å². The van der Waals surface area contributed by atoms with E-state index in [2.05, 4.69) is 65.0 Å². The summed E-state index contributed by atoms with van der Waals surface area (Å²) in [6.45, 7) is 4.22. The number of rotatable bonds is 5. The van der Waals surface area contributed by atoms with E-state index in [-0.39, 0.29) is 0 Å². The number of aromatic nitrogens is 3. The highest BCUT2D eigenvalue weighted by Crippen LogP contribution is 2.25. The van der Waals surface area contributed by atoms with E-state index in [9.17, 15) is 0 Å². The first kappa shape index (κ1) is 14.9. The molecule has 0 radical (unpaired) electrons. The average molecular weight is 309 g/mol. The second kappa shape index (κ2) is 6.79. The number of thioether (sulfide) groups is 1. The number of para-hydroxylation sites is 1. The summed E-state index contributed by atoms with van der Waals surface area (Å²) < 4.78 is 2.15. The minimum absolute atomic E-state index is 0.868. The molecule has 0 aliphatic carbocycles. The molecule has 3 aromatic rings. The molecule has 0 fully saturated rings. The number of benzene rings is 2. The molecule has 0 saturated carbocycles. The summed E-state index contributed by atoms with van der Waals surface area (Å²) in [6.07, 6.45) is 0.868. The molecule has 3 nitrogen and oxygen atoms in total. The van der Waals surface area contributed by atoms with Crippen molar-refractivity contribution in [1.82, 2.24) is 14.8 Å². The molecule has 0 N–H and O–H groups in total. The molecule has 0 unspecified atom stereocenters. The van der Waals surface area contributed by atoms with E-state index in [0.717, 1.165) is 28.8 Å². The Bertz CT molecular complexity index is 733. The van der Waals surface area contributed by atoms with Gasteiger partial charge in [-0.15, -0.1) is 10.2 Å². The molecule has 0 bridgehead atoms. The average Bonchev–Trinajstić information content (AvgIpc) is 2.98. The van der Waals surface area contributed by atoms with Crippen molar-refractivity contribution in [1.29, 1.82) is 0 Å². The van der Waals surface area contributed by atoms with Crippen LogP contribution in [0.4, 0.5) is 0 Å². The molecule has 0 amide bonds. The van der Waals surface area contributed by atoms with Crippen molar-refractivity contribution in [2.45, 2.75) is 31.2 Å². The minimum Gasteiger partial charge on any atom is -0.274 e. The van der Waals surface area contributed by atoms with Gasteiger partial charge in [0.25, 0.3) is 0 Å². The Morgan fingerprint density at radius 3 is 2.36 bits per heavy atom. The molecule has 4 heteroatoms. The van der Waals surface area contributed by atoms with Crippen molar-refractivity contribution in [3.8, 4) is 5.69 Å². The fraction of sp³-hybridized carbons (Fsp3) is 0.222. The Labute approximate surface area is 135 Å². The summed E-state index contributed by atoms with van der Waals surface area (Å²) in [6, 6.07) is 18.9. The van der Waals surface area contributed by atoms with E-state index in [0.29, 0.717) is 0 Å². The fourth-order valence-electron chi connectivity index (χ4n) is 2.29. The normalized spacial score (nSPS) is 10.8. The SMILES string of the molecule is CCc1nnc(SCc2ccc(C)cc2)n1-c1ccccc1. The summed E-state index contributed by atoms with van der Waals surface area (Å²) in [5, 5.41) is 9.65. The van der Waals surface area contributed by atoms with Crippen LogP contribution in [0.5, 0.6) is 0 Å². The van der Waals surface area contributed by atoms with E-state index in [1.165, 1.54) is 11.1 Å². The fourth-order valence-corrected chi connectivity index (χ4v) is 3.22. The molecule has 1 aromatic heterocycles. The summed E-state index contributed by atoms with van der Waals surface area (Å²) in [7, 11) is 0. The maximum absolute atomic E-state index is 4.37. The lowest BCUT2D eigenvalue weighted by Gasteiger charge is -2.09. The predicted octanol–water partition coefficient (Wildman–Crippen LogP) is 4.43. The minimum atomic E-state index is 0.868. The van der Waals surface area contributed by atoms with Crippen molar-refractivity contribution < 1.29 is 0 Å². The maximum atomic E-state index is 4.37. The Morgan fingerprint density at radius 2 is 1.68 bits per heavy atom. The van der Waals surface area contributed by atoms with Crippen LogP contribution in [-0.2, 0) is 12.2 Å². The second-order valence-electron chi connectivity index (χ2n) is 5.20. The number of hydrogen-bond acceptors (Lipinski definition) is 3. The number of aryl methyl sites for hydroxylation is 2. The van der Waals surface area contributed by atoms with Gasteiger partial charge < -0.3 is 0 Å². The van der Waals surface area contributed by atoms with Crippen LogP contribution in [0.15, 0.2) is 59.8 Å². The predicted molar refractivity (Wildman–Crippen MR) is 91.5 cm³/mol. The Balaban J connectivity index is 1.85. The third-order valence-electron chi connectivity index (χ3n) is 3.52. The maximum Gasteiger partial charge on any atom is 0.196 e. The monoisotopic (exact) mass is 309 g/mol. The van der Waals surface area contributed by atoms with Gasteiger partial charge in [0.2, 0.25) is 0 Å². The first-order valence-corrected chi connectivity index (χ1v) is 8.44. The standard InChI is InChI=1S/C18H19N3S/c1-3-17-19-20-18(21(17)16-7-5-4-6-8-16)22-13-15-11-9-14(2)10-12-15/h4-12H,3,13H2,1-2H3. The molecule has 22 heavy (non-hydrogen) atoms. The highest BCUT2D eigenvalue weighted by Gasteiger charge is 2.12. The largest absolute Gasteiger partial charge is 0.274 e. The molecule has 0 atom stereocenters. The molecule has 3 rings (SSSR count). The van der Waals surface area contributed by atoms with Gasteiger partial charge >= 0.3 is 0 Å². The van der Waals surface area contributed by atoms with Crippen molar-refractivity contribution in [3.63, 3.8) is 0 Å². The first-order chi connectivity index (χ1) is 10.8. The van der Waals surface area contributed by atoms with Crippen molar-refractivity contribution in [2.24, 2.45) is 0 Å². The molecule has 2 aromatic carbocycles. The van der Waals surface area contributed by atoms with E-state index in [4.69, 9.17) is 0 Å². The van der Waals surface area contributed by atoms with Crippen LogP contribution in [0.1, 0.15) is 23.9 Å². The van der Waals surface area contributed by atoms with Gasteiger partial charge in [-0.1, -0.05) is 66.7 Å². The van der Waals surface area contributed by atoms with Crippen LogP contribution >= 0.6 is 11.8 Å². The lowest BCUT2D eigenvalue weighted by Crippen LogP contribution is -2.01. The summed E-state index contributed by atoms with van der Waals surface area (Å²) >= 11 is 1.73. The van der Waals surface area contributed by atoms with Crippen LogP contribution in [0.3, 0.4) is 0 Å². The Morgan fingerprint density at radius 1 is 0.955 bits per heavy atom. The van der Waals surface area contributed by atoms with Crippen LogP contribution < -0.4 is 0 Å². The third kappa shape index (κ3) is 3.22. The zero-order valence-electron chi connectivity index (χ0n) is 12.9. The smallest absolute Gasteiger partial charge is 0.196 e. The molecular weight excluding hydrogens is 290 g/mol. The molecule has 0 spiro atoms. The van der Waals surface area contributed by atoms with Crippen LogP contribution in [0.2, 0.25) is 0 Å². The lowest BCUT2D eigenvalue weighted by molar-refractivity contribution is 0.836. The quantitative estimate of drug-likeness (QED) is 0.653. The topological polar surface area (TPSA) is 30.7 Å². The zero-order valence-corrected chi connectivity index (χ0v) is 13.7. The Hall–Kier alpha value is -2.07. The van der Waals surface area contributed by atoms with E-state index in [1.54, 1.807) is 11.8 Å². The highest BCUT2D eigenvalue weighted by atomic mass is 32.2. The van der Waals surface area contributed by atoms with Crippen molar-refractivity contribution >= 4 is 11.8 Å². The van der Waals surface area contributed by atoms with E-state index >= 15 is 0 Å². The van der Waals surface area contributed by atoms with Gasteiger partial charge in [0.1, 0.15) is 5.82 Å². The molecular formula is C18H19N3S. The molecule has 112 valence electrons. The van der Waals surface area contributed by atoms with Crippen molar-refractivity contribution in [3.05, 3.63) is 71.5 Å². The van der Waals surface area contributed by atoms with Gasteiger partial charge in [-0.25, -0.2) is 0 Å². The van der Waals surface area contributed by atoms with Crippen LogP contribution in [0.25, 0.3) is 5.69 Å². The Kier molecular flexibility index (Phi) is 4.59. The molecule has 1 heterocycles. The molecule has 0 saturated heterocycles. The second-order valence-corrected chi connectivity index (χ2v) is 6.14.